The fraction of sp³-hybridized carbons (Fsp3) is 0.421. The van der Waals surface area contributed by atoms with E-state index in [1.54, 1.807) is 6.92 Å². The maximum Gasteiger partial charge on any atom is 0.207 e. The van der Waals surface area contributed by atoms with Crippen LogP contribution in [0.4, 0.5) is 5.13 Å². The van der Waals surface area contributed by atoms with Crippen LogP contribution in [0.2, 0.25) is 0 Å². The molecule has 0 radical (unpaired) electrons. The highest BCUT2D eigenvalue weighted by atomic mass is 32.1. The molecular weight excluding hydrogens is 318 g/mol. The van der Waals surface area contributed by atoms with Gasteiger partial charge in [0.25, 0.3) is 0 Å². The summed E-state index contributed by atoms with van der Waals surface area (Å²) >= 11 is 1.47. The van der Waals surface area contributed by atoms with Gasteiger partial charge in [0, 0.05) is 18.6 Å². The van der Waals surface area contributed by atoms with Gasteiger partial charge in [-0.2, -0.15) is 5.10 Å². The fourth-order valence-corrected chi connectivity index (χ4v) is 4.80. The Morgan fingerprint density at radius 3 is 2.75 bits per heavy atom. The molecule has 5 heteroatoms. The third kappa shape index (κ3) is 2.57. The molecule has 1 fully saturated rings. The van der Waals surface area contributed by atoms with Crippen molar-refractivity contribution in [3.05, 3.63) is 46.5 Å². The summed E-state index contributed by atoms with van der Waals surface area (Å²) in [6.07, 6.45) is 4.74. The molecule has 4 nitrogen and oxygen atoms in total. The molecule has 1 aromatic carbocycles. The molecule has 2 aromatic rings. The van der Waals surface area contributed by atoms with E-state index in [0.29, 0.717) is 5.92 Å². The number of hydrogen-bond acceptors (Lipinski definition) is 5. The van der Waals surface area contributed by atoms with E-state index in [1.807, 2.05) is 13.0 Å². The highest BCUT2D eigenvalue weighted by molar-refractivity contribution is 7.17. The fourth-order valence-electron chi connectivity index (χ4n) is 3.85. The zero-order valence-electron chi connectivity index (χ0n) is 14.0. The molecule has 4 rings (SSSR count). The number of aromatic nitrogens is 1. The molecule has 1 aliphatic carbocycles. The number of rotatable bonds is 3. The lowest BCUT2D eigenvalue weighted by Crippen LogP contribution is -2.27. The Balaban J connectivity index is 1.78. The van der Waals surface area contributed by atoms with Crippen molar-refractivity contribution in [1.82, 2.24) is 4.98 Å². The van der Waals surface area contributed by atoms with Gasteiger partial charge in [0.05, 0.1) is 16.6 Å². The molecule has 1 aromatic heterocycles. The minimum atomic E-state index is 0.0803. The number of aryl methyl sites for hydroxylation is 1. The van der Waals surface area contributed by atoms with Crippen LogP contribution in [0.25, 0.3) is 0 Å². The molecule has 24 heavy (non-hydrogen) atoms. The zero-order valence-corrected chi connectivity index (χ0v) is 14.8. The predicted octanol–water partition coefficient (Wildman–Crippen LogP) is 4.76. The van der Waals surface area contributed by atoms with Gasteiger partial charge < -0.3 is 0 Å². The van der Waals surface area contributed by atoms with Crippen molar-refractivity contribution in [2.24, 2.45) is 11.0 Å². The zero-order chi connectivity index (χ0) is 16.7. The van der Waals surface area contributed by atoms with Crippen LogP contribution in [0.1, 0.15) is 59.6 Å². The van der Waals surface area contributed by atoms with Gasteiger partial charge in [-0.05, 0) is 31.7 Å². The summed E-state index contributed by atoms with van der Waals surface area (Å²) in [7, 11) is 0. The Kier molecular flexibility index (Phi) is 3.96. The molecule has 0 saturated heterocycles. The van der Waals surface area contributed by atoms with E-state index in [9.17, 15) is 4.79 Å². The minimum Gasteiger partial charge on any atom is -0.294 e. The second kappa shape index (κ2) is 6.13. The molecule has 2 aliphatic rings. The normalized spacial score (nSPS) is 23.1. The lowest BCUT2D eigenvalue weighted by Gasteiger charge is -2.28. The van der Waals surface area contributed by atoms with Crippen molar-refractivity contribution in [1.29, 1.82) is 0 Å². The van der Waals surface area contributed by atoms with Crippen LogP contribution in [0.15, 0.2) is 35.4 Å². The van der Waals surface area contributed by atoms with E-state index >= 15 is 0 Å². The molecule has 1 aliphatic heterocycles. The van der Waals surface area contributed by atoms with Crippen LogP contribution >= 0.6 is 11.3 Å². The number of carbonyl (C=O) groups is 1. The quantitative estimate of drug-likeness (QED) is 0.757. The summed E-state index contributed by atoms with van der Waals surface area (Å²) in [4.78, 5) is 17.2. The van der Waals surface area contributed by atoms with Crippen molar-refractivity contribution >= 4 is 28.0 Å². The number of thiazole rings is 1. The van der Waals surface area contributed by atoms with Gasteiger partial charge in [-0.25, -0.2) is 9.99 Å². The van der Waals surface area contributed by atoms with E-state index in [-0.39, 0.29) is 11.8 Å². The Morgan fingerprint density at radius 1 is 1.25 bits per heavy atom. The van der Waals surface area contributed by atoms with Crippen LogP contribution in [0.3, 0.4) is 0 Å². The number of carbonyl (C=O) groups excluding carboxylic acids is 1. The molecule has 124 valence electrons. The standard InChI is InChI=1S/C19H21N3OS/c1-12-18(13(2)23)24-19(20-12)22-17(14-8-4-3-5-9-14)15-10-6-7-11-16(15)21-22/h3-5,8-9,15,17H,6-7,10-11H2,1-2H3. The maximum atomic E-state index is 11.8. The molecular formula is C19H21N3OS. The average Bonchev–Trinajstić information content (AvgIpc) is 3.16. The van der Waals surface area contributed by atoms with Gasteiger partial charge in [0.1, 0.15) is 0 Å². The minimum absolute atomic E-state index is 0.0803. The Labute approximate surface area is 146 Å². The van der Waals surface area contributed by atoms with Crippen LogP contribution < -0.4 is 5.01 Å². The van der Waals surface area contributed by atoms with Gasteiger partial charge in [-0.3, -0.25) is 4.79 Å². The number of hydrogen-bond donors (Lipinski definition) is 0. The van der Waals surface area contributed by atoms with Gasteiger partial charge in [-0.1, -0.05) is 48.1 Å². The number of nitrogens with zero attached hydrogens (tertiary/aromatic N) is 3. The van der Waals surface area contributed by atoms with Crippen molar-refractivity contribution in [2.45, 2.75) is 45.6 Å². The number of Topliss-reactive ketones (excluding diaryl/α,β-unsaturated/α-hetero) is 1. The van der Waals surface area contributed by atoms with Crippen LogP contribution in [0.5, 0.6) is 0 Å². The van der Waals surface area contributed by atoms with E-state index in [2.05, 4.69) is 34.3 Å². The van der Waals surface area contributed by atoms with Crippen molar-refractivity contribution in [2.75, 3.05) is 5.01 Å². The van der Waals surface area contributed by atoms with E-state index in [1.165, 1.54) is 41.9 Å². The number of benzene rings is 1. The first kappa shape index (κ1) is 15.5. The first-order valence-electron chi connectivity index (χ1n) is 8.55. The first-order valence-corrected chi connectivity index (χ1v) is 9.36. The molecule has 2 heterocycles. The number of fused-ring (bicyclic) bond motifs is 1. The van der Waals surface area contributed by atoms with E-state index in [4.69, 9.17) is 5.10 Å². The second-order valence-electron chi connectivity index (χ2n) is 6.61. The molecule has 2 atom stereocenters. The molecule has 0 spiro atoms. The first-order chi connectivity index (χ1) is 11.6. The Hall–Kier alpha value is -2.01. The summed E-state index contributed by atoms with van der Waals surface area (Å²) in [6, 6.07) is 10.8. The highest BCUT2D eigenvalue weighted by Gasteiger charge is 2.41. The summed E-state index contributed by atoms with van der Waals surface area (Å²) in [5, 5.41) is 7.85. The summed E-state index contributed by atoms with van der Waals surface area (Å²) in [6.45, 7) is 3.51. The number of anilines is 1. The molecule has 1 saturated carbocycles. The molecule has 0 amide bonds. The SMILES string of the molecule is CC(=O)c1sc(N2N=C3CCCCC3C2c2ccccc2)nc1C. The van der Waals surface area contributed by atoms with Crippen molar-refractivity contribution < 1.29 is 4.79 Å². The summed E-state index contributed by atoms with van der Waals surface area (Å²) < 4.78 is 0. The summed E-state index contributed by atoms with van der Waals surface area (Å²) in [5.41, 5.74) is 3.39. The topological polar surface area (TPSA) is 45.6 Å². The lowest BCUT2D eigenvalue weighted by atomic mass is 9.80. The Bertz CT molecular complexity index is 796. The third-order valence-corrected chi connectivity index (χ3v) is 6.20. The Morgan fingerprint density at radius 2 is 2.04 bits per heavy atom. The second-order valence-corrected chi connectivity index (χ2v) is 7.59. The van der Waals surface area contributed by atoms with Gasteiger partial charge >= 0.3 is 0 Å². The molecule has 0 bridgehead atoms. The third-order valence-electron chi connectivity index (χ3n) is 4.95. The monoisotopic (exact) mass is 339 g/mol. The van der Waals surface area contributed by atoms with E-state index < -0.39 is 0 Å². The molecule has 0 N–H and O–H groups in total. The smallest absolute Gasteiger partial charge is 0.207 e. The summed E-state index contributed by atoms with van der Waals surface area (Å²) in [5.74, 6) is 0.544. The van der Waals surface area contributed by atoms with Crippen molar-refractivity contribution in [3.63, 3.8) is 0 Å². The van der Waals surface area contributed by atoms with Gasteiger partial charge in [-0.15, -0.1) is 0 Å². The van der Waals surface area contributed by atoms with Crippen LogP contribution in [0, 0.1) is 12.8 Å². The van der Waals surface area contributed by atoms with E-state index in [0.717, 1.165) is 22.1 Å². The van der Waals surface area contributed by atoms with Crippen LogP contribution in [-0.4, -0.2) is 16.5 Å². The lowest BCUT2D eigenvalue weighted by molar-refractivity contribution is 0.102. The van der Waals surface area contributed by atoms with Gasteiger partial charge in [0.15, 0.2) is 5.78 Å². The molecule has 2 unspecified atom stereocenters. The highest BCUT2D eigenvalue weighted by Crippen LogP contribution is 2.45. The largest absolute Gasteiger partial charge is 0.294 e. The predicted molar refractivity (Wildman–Crippen MR) is 97.9 cm³/mol. The maximum absolute atomic E-state index is 11.8. The van der Waals surface area contributed by atoms with Gasteiger partial charge in [0.2, 0.25) is 5.13 Å². The van der Waals surface area contributed by atoms with Crippen molar-refractivity contribution in [3.8, 4) is 0 Å². The van der Waals surface area contributed by atoms with Crippen LogP contribution in [-0.2, 0) is 0 Å². The number of ketones is 1. The number of hydrazone groups is 1. The average molecular weight is 339 g/mol.